The van der Waals surface area contributed by atoms with Crippen molar-refractivity contribution in [2.75, 3.05) is 0 Å². The van der Waals surface area contributed by atoms with Gasteiger partial charge in [-0.05, 0) is 17.1 Å². The molecule has 3 nitrogen and oxygen atoms in total. The molecule has 1 aromatic rings. The Morgan fingerprint density at radius 3 is 2.47 bits per heavy atom. The summed E-state index contributed by atoms with van der Waals surface area (Å²) in [4.78, 5) is 27.6. The molecule has 0 unspecified atom stereocenters. The Bertz CT molecular complexity index is 595. The number of nitrogens with zero attached hydrogens (tertiary/aromatic N) is 1. The highest BCUT2D eigenvalue weighted by atomic mass is 16.2. The summed E-state index contributed by atoms with van der Waals surface area (Å²) >= 11 is 0. The van der Waals surface area contributed by atoms with Gasteiger partial charge in [-0.3, -0.25) is 14.6 Å². The van der Waals surface area contributed by atoms with E-state index in [4.69, 9.17) is 0 Å². The molecular weight excluding hydrogens is 238 g/mol. The van der Waals surface area contributed by atoms with Crippen molar-refractivity contribution in [2.45, 2.75) is 27.2 Å². The zero-order chi connectivity index (χ0) is 14.0. The molecule has 1 heterocycles. The van der Waals surface area contributed by atoms with Crippen molar-refractivity contribution in [2.24, 2.45) is 10.9 Å². The van der Waals surface area contributed by atoms with Crippen LogP contribution in [-0.4, -0.2) is 17.3 Å². The van der Waals surface area contributed by atoms with Gasteiger partial charge in [0, 0.05) is 30.8 Å². The zero-order valence-corrected chi connectivity index (χ0v) is 11.4. The number of carbonyl (C=O) groups is 2. The minimum Gasteiger partial charge on any atom is -0.291 e. The van der Waals surface area contributed by atoms with Gasteiger partial charge in [0.2, 0.25) is 5.78 Å². The van der Waals surface area contributed by atoms with E-state index in [1.165, 1.54) is 6.92 Å². The highest BCUT2D eigenvalue weighted by Crippen LogP contribution is 2.28. The lowest BCUT2D eigenvalue weighted by molar-refractivity contribution is -0.113. The number of hydrogen-bond acceptors (Lipinski definition) is 3. The molecule has 1 aliphatic rings. The van der Waals surface area contributed by atoms with Crippen LogP contribution < -0.4 is 0 Å². The van der Waals surface area contributed by atoms with Gasteiger partial charge in [-0.15, -0.1) is 0 Å². The fourth-order valence-electron chi connectivity index (χ4n) is 2.12. The van der Waals surface area contributed by atoms with Crippen molar-refractivity contribution < 1.29 is 9.59 Å². The first-order valence-corrected chi connectivity index (χ1v) is 6.41. The van der Waals surface area contributed by atoms with Crippen molar-refractivity contribution in [3.8, 4) is 0 Å². The predicted octanol–water partition coefficient (Wildman–Crippen LogP) is 3.30. The first-order chi connectivity index (χ1) is 9.00. The molecule has 0 fully saturated rings. The highest BCUT2D eigenvalue weighted by molar-refractivity contribution is 6.43. The highest BCUT2D eigenvalue weighted by Gasteiger charge is 2.21. The third-order valence-electron chi connectivity index (χ3n) is 3.26. The van der Waals surface area contributed by atoms with Crippen LogP contribution >= 0.6 is 0 Å². The van der Waals surface area contributed by atoms with Gasteiger partial charge in [-0.25, -0.2) is 0 Å². The topological polar surface area (TPSA) is 46.5 Å². The lowest BCUT2D eigenvalue weighted by Crippen LogP contribution is -2.12. The van der Waals surface area contributed by atoms with Gasteiger partial charge in [-0.1, -0.05) is 38.1 Å². The van der Waals surface area contributed by atoms with Crippen LogP contribution in [0.1, 0.15) is 43.1 Å². The third kappa shape index (κ3) is 2.70. The molecule has 0 bridgehead atoms. The van der Waals surface area contributed by atoms with E-state index in [2.05, 4.69) is 18.8 Å². The zero-order valence-electron chi connectivity index (χ0n) is 11.4. The second kappa shape index (κ2) is 5.31. The fraction of sp³-hybridized carbons (Fsp3) is 0.312. The molecule has 3 heteroatoms. The van der Waals surface area contributed by atoms with Crippen molar-refractivity contribution in [3.05, 3.63) is 41.6 Å². The van der Waals surface area contributed by atoms with Crippen LogP contribution in [0.5, 0.6) is 0 Å². The summed E-state index contributed by atoms with van der Waals surface area (Å²) in [6.45, 7) is 5.50. The summed E-state index contributed by atoms with van der Waals surface area (Å²) in [5.41, 5.74) is 3.41. The molecule has 98 valence electrons. The second-order valence-corrected chi connectivity index (χ2v) is 5.04. The number of rotatable bonds is 4. The average molecular weight is 255 g/mol. The van der Waals surface area contributed by atoms with E-state index in [1.54, 1.807) is 12.1 Å². The number of carbonyl (C=O) groups excluding carboxylic acids is 2. The number of allylic oxidation sites excluding steroid dienone is 1. The molecule has 0 N–H and O–H groups in total. The van der Waals surface area contributed by atoms with E-state index in [9.17, 15) is 9.59 Å². The lowest BCUT2D eigenvalue weighted by atomic mass is 9.92. The monoisotopic (exact) mass is 255 g/mol. The van der Waals surface area contributed by atoms with Crippen molar-refractivity contribution >= 4 is 22.9 Å². The average Bonchev–Trinajstić information content (AvgIpc) is 2.87. The molecule has 0 saturated carbocycles. The number of hydrogen-bond donors (Lipinski definition) is 0. The van der Waals surface area contributed by atoms with Crippen LogP contribution in [0.3, 0.4) is 0 Å². The second-order valence-electron chi connectivity index (χ2n) is 5.04. The maximum Gasteiger partial charge on any atom is 0.228 e. The Hall–Kier alpha value is -2.03. The largest absolute Gasteiger partial charge is 0.291 e. The number of aliphatic imine (C=N–C) groups is 1. The molecular formula is C16H17NO2. The van der Waals surface area contributed by atoms with Crippen molar-refractivity contribution in [1.82, 2.24) is 0 Å². The Morgan fingerprint density at radius 1 is 1.21 bits per heavy atom. The van der Waals surface area contributed by atoms with Crippen LogP contribution in [0.25, 0.3) is 5.57 Å². The smallest absolute Gasteiger partial charge is 0.228 e. The Kier molecular flexibility index (Phi) is 3.74. The molecule has 1 aliphatic heterocycles. The van der Waals surface area contributed by atoms with E-state index in [-0.39, 0.29) is 0 Å². The standard InChI is InChI=1S/C16H17NO2/c1-10(2)15-8-12(9-17-15)13-6-4-5-7-14(13)16(19)11(3)18/h4-7,9-10H,8H2,1-3H3. The fourth-order valence-corrected chi connectivity index (χ4v) is 2.12. The van der Waals surface area contributed by atoms with Gasteiger partial charge < -0.3 is 0 Å². The molecule has 0 aliphatic carbocycles. The first-order valence-electron chi connectivity index (χ1n) is 6.41. The molecule has 0 spiro atoms. The van der Waals surface area contributed by atoms with Gasteiger partial charge >= 0.3 is 0 Å². The van der Waals surface area contributed by atoms with E-state index in [0.717, 1.165) is 23.3 Å². The molecule has 0 atom stereocenters. The molecule has 19 heavy (non-hydrogen) atoms. The summed E-state index contributed by atoms with van der Waals surface area (Å²) in [5.74, 6) is -0.477. The van der Waals surface area contributed by atoms with Gasteiger partial charge in [0.25, 0.3) is 0 Å². The number of Topliss-reactive ketones (excluding diaryl/α,β-unsaturated/α-hetero) is 2. The van der Waals surface area contributed by atoms with Crippen LogP contribution in [-0.2, 0) is 4.79 Å². The molecule has 0 amide bonds. The van der Waals surface area contributed by atoms with Crippen molar-refractivity contribution in [3.63, 3.8) is 0 Å². The van der Waals surface area contributed by atoms with Gasteiger partial charge in [0.1, 0.15) is 0 Å². The van der Waals surface area contributed by atoms with Crippen LogP contribution in [0.15, 0.2) is 35.5 Å². The molecule has 0 radical (unpaired) electrons. The lowest BCUT2D eigenvalue weighted by Gasteiger charge is -2.09. The van der Waals surface area contributed by atoms with Gasteiger partial charge in [0.05, 0.1) is 0 Å². The van der Waals surface area contributed by atoms with Gasteiger partial charge in [0.15, 0.2) is 5.78 Å². The Balaban J connectivity index is 2.33. The summed E-state index contributed by atoms with van der Waals surface area (Å²) in [6.07, 6.45) is 2.56. The van der Waals surface area contributed by atoms with E-state index >= 15 is 0 Å². The molecule has 1 aromatic carbocycles. The SMILES string of the molecule is CC(=O)C(=O)c1ccccc1C1=CN=C(C(C)C)C1. The quantitative estimate of drug-likeness (QED) is 0.612. The van der Waals surface area contributed by atoms with E-state index < -0.39 is 11.6 Å². The molecule has 0 saturated heterocycles. The molecule has 0 aromatic heterocycles. The summed E-state index contributed by atoms with van der Waals surface area (Å²) in [7, 11) is 0. The Labute approximate surface area is 113 Å². The normalized spacial score (nSPS) is 14.3. The Morgan fingerprint density at radius 2 is 1.89 bits per heavy atom. The van der Waals surface area contributed by atoms with Crippen LogP contribution in [0, 0.1) is 5.92 Å². The minimum absolute atomic E-state index is 0.393. The minimum atomic E-state index is -0.436. The third-order valence-corrected chi connectivity index (χ3v) is 3.26. The predicted molar refractivity (Wildman–Crippen MR) is 76.3 cm³/mol. The first kappa shape index (κ1) is 13.4. The summed E-state index contributed by atoms with van der Waals surface area (Å²) in [5, 5.41) is 0. The maximum absolute atomic E-state index is 11.9. The van der Waals surface area contributed by atoms with E-state index in [0.29, 0.717) is 11.5 Å². The van der Waals surface area contributed by atoms with Crippen LogP contribution in [0.4, 0.5) is 0 Å². The maximum atomic E-state index is 11.9. The summed E-state index contributed by atoms with van der Waals surface area (Å²) in [6, 6.07) is 7.23. The van der Waals surface area contributed by atoms with Gasteiger partial charge in [-0.2, -0.15) is 0 Å². The van der Waals surface area contributed by atoms with Crippen LogP contribution in [0.2, 0.25) is 0 Å². The summed E-state index contributed by atoms with van der Waals surface area (Å²) < 4.78 is 0. The van der Waals surface area contributed by atoms with Crippen molar-refractivity contribution in [1.29, 1.82) is 0 Å². The molecule has 2 rings (SSSR count). The van der Waals surface area contributed by atoms with E-state index in [1.807, 2.05) is 18.3 Å². The number of benzene rings is 1. The number of ketones is 2.